The average molecular weight is 478 g/mol. The summed E-state index contributed by atoms with van der Waals surface area (Å²) in [6.45, 7) is 0.201. The zero-order chi connectivity index (χ0) is 24.9. The highest BCUT2D eigenvalue weighted by Crippen LogP contribution is 2.24. The molecule has 8 heteroatoms. The number of anilines is 3. The molecule has 3 amide bonds. The number of benzene rings is 3. The fraction of sp³-hybridized carbons (Fsp3) is 0.107. The molecule has 0 fully saturated rings. The van der Waals surface area contributed by atoms with Gasteiger partial charge < -0.3 is 10.6 Å². The van der Waals surface area contributed by atoms with E-state index in [1.54, 1.807) is 36.4 Å². The quantitative estimate of drug-likeness (QED) is 0.350. The van der Waals surface area contributed by atoms with E-state index in [2.05, 4.69) is 20.6 Å². The monoisotopic (exact) mass is 477 g/mol. The minimum absolute atomic E-state index is 0.185. The molecular formula is C28H23N5O3. The van der Waals surface area contributed by atoms with Crippen molar-refractivity contribution < 1.29 is 14.4 Å². The normalized spacial score (nSPS) is 12.4. The van der Waals surface area contributed by atoms with Crippen molar-refractivity contribution in [2.24, 2.45) is 0 Å². The number of nitrogens with one attached hydrogen (secondary N) is 2. The second-order valence-corrected chi connectivity index (χ2v) is 8.32. The first-order chi connectivity index (χ1) is 17.6. The van der Waals surface area contributed by atoms with Crippen molar-refractivity contribution in [2.45, 2.75) is 12.8 Å². The molecule has 1 aromatic heterocycles. The van der Waals surface area contributed by atoms with Gasteiger partial charge in [0, 0.05) is 36.0 Å². The summed E-state index contributed by atoms with van der Waals surface area (Å²) in [6.07, 6.45) is 2.09. The summed E-state index contributed by atoms with van der Waals surface area (Å²) in [5, 5.41) is 6.09. The minimum Gasteiger partial charge on any atom is -0.340 e. The molecule has 0 atom stereocenters. The summed E-state index contributed by atoms with van der Waals surface area (Å²) in [5.74, 6) is -0.137. The zero-order valence-electron chi connectivity index (χ0n) is 19.3. The second kappa shape index (κ2) is 10.2. The van der Waals surface area contributed by atoms with Crippen LogP contribution in [-0.2, 0) is 4.79 Å². The van der Waals surface area contributed by atoms with Crippen molar-refractivity contribution in [1.82, 2.24) is 14.9 Å². The molecule has 0 unspecified atom stereocenters. The zero-order valence-corrected chi connectivity index (χ0v) is 19.3. The van der Waals surface area contributed by atoms with Crippen LogP contribution in [0.4, 0.5) is 17.2 Å². The molecule has 0 bridgehead atoms. The van der Waals surface area contributed by atoms with Crippen molar-refractivity contribution in [3.05, 3.63) is 102 Å². The Labute approximate surface area is 208 Å². The van der Waals surface area contributed by atoms with Gasteiger partial charge in [0.25, 0.3) is 11.8 Å². The first-order valence-corrected chi connectivity index (χ1v) is 11.6. The molecule has 5 rings (SSSR count). The Morgan fingerprint density at radius 1 is 0.778 bits per heavy atom. The van der Waals surface area contributed by atoms with Gasteiger partial charge in [0.2, 0.25) is 5.91 Å². The van der Waals surface area contributed by atoms with Crippen molar-refractivity contribution >= 4 is 34.9 Å². The Bertz CT molecular complexity index is 1390. The molecule has 0 aliphatic carbocycles. The smallest absolute Gasteiger partial charge is 0.261 e. The fourth-order valence-corrected chi connectivity index (χ4v) is 4.04. The van der Waals surface area contributed by atoms with Crippen molar-refractivity contribution in [1.29, 1.82) is 0 Å². The van der Waals surface area contributed by atoms with E-state index in [9.17, 15) is 14.4 Å². The molecule has 36 heavy (non-hydrogen) atoms. The van der Waals surface area contributed by atoms with Crippen LogP contribution in [0.1, 0.15) is 33.6 Å². The standard InChI is InChI=1S/C28H23N5O3/c34-26(11-6-16-33-27(35)22-9-4-5-10-23(22)28(33)36)32-21-14-12-20(13-15-21)31-25-17-24(29-18-30-25)19-7-2-1-3-8-19/h1-5,7-10,12-15,17-18H,6,11,16H2,(H,32,34)(H,29,30,31). The summed E-state index contributed by atoms with van der Waals surface area (Å²) in [4.78, 5) is 47.0. The van der Waals surface area contributed by atoms with Crippen molar-refractivity contribution in [2.75, 3.05) is 17.2 Å². The predicted octanol–water partition coefficient (Wildman–Crippen LogP) is 4.90. The highest BCUT2D eigenvalue weighted by Gasteiger charge is 2.34. The number of imide groups is 1. The third-order valence-electron chi connectivity index (χ3n) is 5.84. The van der Waals surface area contributed by atoms with Gasteiger partial charge in [0.1, 0.15) is 12.1 Å². The maximum Gasteiger partial charge on any atom is 0.261 e. The molecule has 1 aliphatic rings. The number of rotatable bonds is 8. The van der Waals surface area contributed by atoms with Gasteiger partial charge in [-0.15, -0.1) is 0 Å². The molecule has 0 spiro atoms. The van der Waals surface area contributed by atoms with E-state index in [-0.39, 0.29) is 30.7 Å². The number of fused-ring (bicyclic) bond motifs is 1. The number of carbonyl (C=O) groups is 3. The molecule has 3 aromatic carbocycles. The van der Waals surface area contributed by atoms with Crippen LogP contribution in [0.5, 0.6) is 0 Å². The number of hydrogen-bond donors (Lipinski definition) is 2. The van der Waals surface area contributed by atoms with E-state index in [0.29, 0.717) is 29.1 Å². The molecule has 1 aliphatic heterocycles. The lowest BCUT2D eigenvalue weighted by Crippen LogP contribution is -2.31. The summed E-state index contributed by atoms with van der Waals surface area (Å²) < 4.78 is 0. The predicted molar refractivity (Wildman–Crippen MR) is 137 cm³/mol. The van der Waals surface area contributed by atoms with Gasteiger partial charge in [0.15, 0.2) is 0 Å². The van der Waals surface area contributed by atoms with Gasteiger partial charge >= 0.3 is 0 Å². The van der Waals surface area contributed by atoms with Crippen LogP contribution in [0.2, 0.25) is 0 Å². The topological polar surface area (TPSA) is 104 Å². The van der Waals surface area contributed by atoms with E-state index in [0.717, 1.165) is 16.9 Å². The molecule has 8 nitrogen and oxygen atoms in total. The number of amides is 3. The molecular weight excluding hydrogens is 454 g/mol. The Hall–Kier alpha value is -4.85. The third kappa shape index (κ3) is 4.97. The Morgan fingerprint density at radius 2 is 1.42 bits per heavy atom. The summed E-state index contributed by atoms with van der Waals surface area (Å²) in [5.41, 5.74) is 4.12. The first kappa shape index (κ1) is 22.9. The average Bonchev–Trinajstić information content (AvgIpc) is 3.15. The molecule has 0 radical (unpaired) electrons. The molecule has 0 saturated heterocycles. The van der Waals surface area contributed by atoms with Crippen LogP contribution in [0, 0.1) is 0 Å². The van der Waals surface area contributed by atoms with Gasteiger partial charge in [-0.2, -0.15) is 0 Å². The maximum atomic E-state index is 12.4. The third-order valence-corrected chi connectivity index (χ3v) is 5.84. The summed E-state index contributed by atoms with van der Waals surface area (Å²) in [7, 11) is 0. The Balaban J connectivity index is 1.12. The Morgan fingerprint density at radius 3 is 2.11 bits per heavy atom. The molecule has 178 valence electrons. The largest absolute Gasteiger partial charge is 0.340 e. The van der Waals surface area contributed by atoms with Crippen LogP contribution < -0.4 is 10.6 Å². The van der Waals surface area contributed by atoms with Gasteiger partial charge in [-0.25, -0.2) is 9.97 Å². The number of nitrogens with zero attached hydrogens (tertiary/aromatic N) is 3. The number of hydrogen-bond acceptors (Lipinski definition) is 6. The van der Waals surface area contributed by atoms with Crippen LogP contribution in [-0.4, -0.2) is 39.1 Å². The fourth-order valence-electron chi connectivity index (χ4n) is 4.04. The lowest BCUT2D eigenvalue weighted by atomic mass is 10.1. The van der Waals surface area contributed by atoms with E-state index >= 15 is 0 Å². The first-order valence-electron chi connectivity index (χ1n) is 11.6. The van der Waals surface area contributed by atoms with Gasteiger partial charge in [-0.1, -0.05) is 42.5 Å². The van der Waals surface area contributed by atoms with Crippen molar-refractivity contribution in [3.63, 3.8) is 0 Å². The van der Waals surface area contributed by atoms with E-state index < -0.39 is 0 Å². The van der Waals surface area contributed by atoms with Crippen molar-refractivity contribution in [3.8, 4) is 11.3 Å². The lowest BCUT2D eigenvalue weighted by Gasteiger charge is -2.13. The molecule has 2 N–H and O–H groups in total. The van der Waals surface area contributed by atoms with Gasteiger partial charge in [-0.05, 0) is 42.8 Å². The lowest BCUT2D eigenvalue weighted by molar-refractivity contribution is -0.116. The van der Waals surface area contributed by atoms with E-state index in [1.165, 1.54) is 11.2 Å². The van der Waals surface area contributed by atoms with E-state index in [4.69, 9.17) is 0 Å². The highest BCUT2D eigenvalue weighted by atomic mass is 16.2. The summed E-state index contributed by atoms with van der Waals surface area (Å²) >= 11 is 0. The highest BCUT2D eigenvalue weighted by molar-refractivity contribution is 6.21. The molecule has 2 heterocycles. The summed E-state index contributed by atoms with van der Waals surface area (Å²) in [6, 6.07) is 25.8. The number of aromatic nitrogens is 2. The van der Waals surface area contributed by atoms with Crippen LogP contribution >= 0.6 is 0 Å². The van der Waals surface area contributed by atoms with Crippen LogP contribution in [0.15, 0.2) is 91.3 Å². The Kier molecular flexibility index (Phi) is 6.48. The van der Waals surface area contributed by atoms with Crippen LogP contribution in [0.25, 0.3) is 11.3 Å². The minimum atomic E-state index is -0.307. The van der Waals surface area contributed by atoms with E-state index in [1.807, 2.05) is 48.5 Å². The van der Waals surface area contributed by atoms with Gasteiger partial charge in [-0.3, -0.25) is 19.3 Å². The molecule has 4 aromatic rings. The van der Waals surface area contributed by atoms with Gasteiger partial charge in [0.05, 0.1) is 16.8 Å². The SMILES string of the molecule is O=C(CCCN1C(=O)c2ccccc2C1=O)Nc1ccc(Nc2cc(-c3ccccc3)ncn2)cc1. The maximum absolute atomic E-state index is 12.4. The molecule has 0 saturated carbocycles. The van der Waals surface area contributed by atoms with Crippen LogP contribution in [0.3, 0.4) is 0 Å². The second-order valence-electron chi connectivity index (χ2n) is 8.32. The number of carbonyl (C=O) groups excluding carboxylic acids is 3.